The first-order chi connectivity index (χ1) is 11.3. The standard InChI is InChI=1S/C18H13ClF3NO/c19-17(12-23,16(24)14-4-2-1-3-5-14)11-10-13-6-8-15(9-7-13)18(20,21)22/h1-9H,10-11H2. The van der Waals surface area contributed by atoms with E-state index in [1.54, 1.807) is 30.3 Å². The van der Waals surface area contributed by atoms with Gasteiger partial charge in [-0.1, -0.05) is 54.1 Å². The number of alkyl halides is 4. The second-order valence-corrected chi connectivity index (χ2v) is 5.95. The molecule has 0 bridgehead atoms. The first-order valence-corrected chi connectivity index (χ1v) is 7.50. The molecule has 0 aliphatic rings. The first kappa shape index (κ1) is 18.0. The number of benzene rings is 2. The molecule has 2 aromatic rings. The van der Waals surface area contributed by atoms with Gasteiger partial charge >= 0.3 is 6.18 Å². The van der Waals surface area contributed by atoms with E-state index in [4.69, 9.17) is 11.6 Å². The van der Waals surface area contributed by atoms with Gasteiger partial charge < -0.3 is 0 Å². The minimum atomic E-state index is -4.40. The zero-order chi connectivity index (χ0) is 17.8. The van der Waals surface area contributed by atoms with Crippen LogP contribution < -0.4 is 0 Å². The highest BCUT2D eigenvalue weighted by molar-refractivity contribution is 6.40. The van der Waals surface area contributed by atoms with Crippen molar-refractivity contribution in [3.8, 4) is 6.07 Å². The average Bonchev–Trinajstić information content (AvgIpc) is 2.59. The highest BCUT2D eigenvalue weighted by Crippen LogP contribution is 2.30. The van der Waals surface area contributed by atoms with Crippen LogP contribution >= 0.6 is 11.6 Å². The van der Waals surface area contributed by atoms with E-state index in [-0.39, 0.29) is 12.8 Å². The first-order valence-electron chi connectivity index (χ1n) is 7.12. The van der Waals surface area contributed by atoms with Gasteiger partial charge in [0.2, 0.25) is 0 Å². The number of rotatable bonds is 5. The summed E-state index contributed by atoms with van der Waals surface area (Å²) in [7, 11) is 0. The molecule has 0 aromatic heterocycles. The third-order valence-electron chi connectivity index (χ3n) is 3.61. The summed E-state index contributed by atoms with van der Waals surface area (Å²) in [6.45, 7) is 0. The second kappa shape index (κ2) is 7.06. The Bertz CT molecular complexity index is 751. The van der Waals surface area contributed by atoms with Crippen LogP contribution in [0, 0.1) is 11.3 Å². The van der Waals surface area contributed by atoms with Gasteiger partial charge in [0.1, 0.15) is 0 Å². The van der Waals surface area contributed by atoms with Crippen molar-refractivity contribution in [3.05, 3.63) is 71.3 Å². The van der Waals surface area contributed by atoms with Crippen molar-refractivity contribution in [3.63, 3.8) is 0 Å². The molecule has 0 N–H and O–H groups in total. The average molecular weight is 352 g/mol. The third kappa shape index (κ3) is 4.15. The molecule has 0 aliphatic carbocycles. The number of Topliss-reactive ketones (excluding diaryl/α,β-unsaturated/α-hetero) is 1. The zero-order valence-electron chi connectivity index (χ0n) is 12.5. The summed E-state index contributed by atoms with van der Waals surface area (Å²) >= 11 is 6.17. The maximum Gasteiger partial charge on any atom is 0.416 e. The molecule has 124 valence electrons. The number of aryl methyl sites for hydroxylation is 1. The van der Waals surface area contributed by atoms with Crippen LogP contribution in [0.25, 0.3) is 0 Å². The van der Waals surface area contributed by atoms with Gasteiger partial charge in [0.05, 0.1) is 11.6 Å². The van der Waals surface area contributed by atoms with Gasteiger partial charge in [0.25, 0.3) is 0 Å². The van der Waals surface area contributed by atoms with Crippen molar-refractivity contribution in [2.24, 2.45) is 0 Å². The van der Waals surface area contributed by atoms with Crippen LogP contribution in [0.2, 0.25) is 0 Å². The Morgan fingerprint density at radius 3 is 2.12 bits per heavy atom. The van der Waals surface area contributed by atoms with Crippen LogP contribution in [0.3, 0.4) is 0 Å². The molecule has 6 heteroatoms. The highest BCUT2D eigenvalue weighted by atomic mass is 35.5. The number of ketones is 1. The quantitative estimate of drug-likeness (QED) is 0.560. The van der Waals surface area contributed by atoms with Gasteiger partial charge in [0.15, 0.2) is 10.7 Å². The van der Waals surface area contributed by atoms with E-state index in [0.717, 1.165) is 12.1 Å². The molecule has 2 nitrogen and oxygen atoms in total. The monoisotopic (exact) mass is 351 g/mol. The van der Waals surface area contributed by atoms with Gasteiger partial charge in [0, 0.05) is 5.56 Å². The summed E-state index contributed by atoms with van der Waals surface area (Å²) in [5, 5.41) is 9.29. The van der Waals surface area contributed by atoms with Crippen LogP contribution in [0.4, 0.5) is 13.2 Å². The van der Waals surface area contributed by atoms with E-state index in [1.807, 2.05) is 6.07 Å². The number of nitrogens with zero attached hydrogens (tertiary/aromatic N) is 1. The number of hydrogen-bond acceptors (Lipinski definition) is 2. The van der Waals surface area contributed by atoms with Gasteiger partial charge in [-0.15, -0.1) is 0 Å². The summed E-state index contributed by atoms with van der Waals surface area (Å²) in [6.07, 6.45) is -4.18. The molecule has 1 atom stereocenters. The number of halogens is 4. The van der Waals surface area contributed by atoms with Crippen LogP contribution in [0.15, 0.2) is 54.6 Å². The largest absolute Gasteiger partial charge is 0.416 e. The summed E-state index contributed by atoms with van der Waals surface area (Å²) in [5.41, 5.74) is 0.148. The van der Waals surface area contributed by atoms with Crippen LogP contribution in [0.1, 0.15) is 27.9 Å². The Hall–Kier alpha value is -2.32. The fourth-order valence-corrected chi connectivity index (χ4v) is 2.42. The van der Waals surface area contributed by atoms with Gasteiger partial charge in [-0.3, -0.25) is 4.79 Å². The second-order valence-electron chi connectivity index (χ2n) is 5.30. The smallest absolute Gasteiger partial charge is 0.291 e. The third-order valence-corrected chi connectivity index (χ3v) is 4.06. The fraction of sp³-hybridized carbons (Fsp3) is 0.222. The molecule has 1 unspecified atom stereocenters. The Kier molecular flexibility index (Phi) is 5.30. The predicted molar refractivity (Wildman–Crippen MR) is 84.7 cm³/mol. The van der Waals surface area contributed by atoms with Crippen molar-refractivity contribution in [1.82, 2.24) is 0 Å². The SMILES string of the molecule is N#CC(Cl)(CCc1ccc(C(F)(F)F)cc1)C(=O)c1ccccc1. The molecule has 0 radical (unpaired) electrons. The minimum Gasteiger partial charge on any atom is -0.291 e. The molecular formula is C18H13ClF3NO. The number of carbonyl (C=O) groups excluding carboxylic acids is 1. The van der Waals surface area contributed by atoms with E-state index in [1.165, 1.54) is 12.1 Å². The maximum atomic E-state index is 12.5. The van der Waals surface area contributed by atoms with E-state index in [2.05, 4.69) is 0 Å². The predicted octanol–water partition coefficient (Wildman–Crippen LogP) is 5.02. The molecule has 24 heavy (non-hydrogen) atoms. The van der Waals surface area contributed by atoms with E-state index >= 15 is 0 Å². The number of carbonyl (C=O) groups is 1. The zero-order valence-corrected chi connectivity index (χ0v) is 13.2. The van der Waals surface area contributed by atoms with Crippen molar-refractivity contribution in [2.75, 3.05) is 0 Å². The molecule has 0 heterocycles. The topological polar surface area (TPSA) is 40.9 Å². The summed E-state index contributed by atoms with van der Waals surface area (Å²) in [6, 6.07) is 14.6. The van der Waals surface area contributed by atoms with Crippen LogP contribution in [-0.4, -0.2) is 10.7 Å². The number of hydrogen-bond donors (Lipinski definition) is 0. The van der Waals surface area contributed by atoms with Gasteiger partial charge in [-0.05, 0) is 30.5 Å². The normalized spacial score (nSPS) is 13.8. The maximum absolute atomic E-state index is 12.5. The lowest BCUT2D eigenvalue weighted by Gasteiger charge is -2.18. The molecule has 0 fully saturated rings. The Morgan fingerprint density at radius 1 is 1.04 bits per heavy atom. The Labute approximate surface area is 142 Å². The summed E-state index contributed by atoms with van der Waals surface area (Å²) < 4.78 is 37.6. The molecule has 0 aliphatic heterocycles. The fourth-order valence-electron chi connectivity index (χ4n) is 2.22. The van der Waals surface area contributed by atoms with Gasteiger partial charge in [-0.25, -0.2) is 0 Å². The van der Waals surface area contributed by atoms with Crippen molar-refractivity contribution < 1.29 is 18.0 Å². The summed E-state index contributed by atoms with van der Waals surface area (Å²) in [4.78, 5) is 10.7. The lowest BCUT2D eigenvalue weighted by atomic mass is 9.91. The van der Waals surface area contributed by atoms with Crippen molar-refractivity contribution in [2.45, 2.75) is 23.9 Å². The lowest BCUT2D eigenvalue weighted by molar-refractivity contribution is -0.137. The molecule has 2 rings (SSSR count). The molecule has 0 spiro atoms. The van der Waals surface area contributed by atoms with E-state index in [9.17, 15) is 23.2 Å². The molecule has 0 saturated carbocycles. The summed E-state index contributed by atoms with van der Waals surface area (Å²) in [5.74, 6) is -0.515. The molecule has 2 aromatic carbocycles. The number of nitriles is 1. The van der Waals surface area contributed by atoms with Crippen LogP contribution in [-0.2, 0) is 12.6 Å². The molecular weight excluding hydrogens is 339 g/mol. The highest BCUT2D eigenvalue weighted by Gasteiger charge is 2.36. The van der Waals surface area contributed by atoms with Crippen LogP contribution in [0.5, 0.6) is 0 Å². The van der Waals surface area contributed by atoms with Crippen molar-refractivity contribution >= 4 is 17.4 Å². The van der Waals surface area contributed by atoms with E-state index in [0.29, 0.717) is 11.1 Å². The Morgan fingerprint density at radius 2 is 1.62 bits per heavy atom. The Balaban J connectivity index is 2.11. The lowest BCUT2D eigenvalue weighted by Crippen LogP contribution is -2.31. The minimum absolute atomic E-state index is 0.00411. The molecule has 0 saturated heterocycles. The molecule has 0 amide bonds. The van der Waals surface area contributed by atoms with E-state index < -0.39 is 22.4 Å². The van der Waals surface area contributed by atoms with Gasteiger partial charge in [-0.2, -0.15) is 18.4 Å². The van der Waals surface area contributed by atoms with Crippen molar-refractivity contribution in [1.29, 1.82) is 5.26 Å².